The zero-order valence-corrected chi connectivity index (χ0v) is 24.7. The molecule has 0 fully saturated rings. The number of hydrazone groups is 1. The lowest BCUT2D eigenvalue weighted by Crippen LogP contribution is -2.22. The van der Waals surface area contributed by atoms with Gasteiger partial charge in [-0.1, -0.05) is 64.9 Å². The second-order valence-electron chi connectivity index (χ2n) is 9.65. The fourth-order valence-electron chi connectivity index (χ4n) is 4.18. The topological polar surface area (TPSA) is 142 Å². The monoisotopic (exact) mass is 589 g/mol. The van der Waals surface area contributed by atoms with Gasteiger partial charge in [-0.3, -0.25) is 25.0 Å². The van der Waals surface area contributed by atoms with Gasteiger partial charge < -0.3 is 0 Å². The van der Waals surface area contributed by atoms with Gasteiger partial charge in [0.1, 0.15) is 11.8 Å². The molecule has 2 aromatic heterocycles. The SMILES string of the molecule is Cc1ccc(N=Nc2sc(NC(=O)/C(C#N)=N/Nc3ccc(C)cc3)nc2-c2c(C)n(C)n(-c3ccccc3)c2=O)cc1. The minimum atomic E-state index is -0.768. The summed E-state index contributed by atoms with van der Waals surface area (Å²) in [5.41, 5.74) is 7.30. The first kappa shape index (κ1) is 28.8. The maximum absolute atomic E-state index is 13.8. The van der Waals surface area contributed by atoms with E-state index >= 15 is 0 Å². The van der Waals surface area contributed by atoms with Crippen molar-refractivity contribution in [2.24, 2.45) is 22.4 Å². The summed E-state index contributed by atoms with van der Waals surface area (Å²) in [6.07, 6.45) is 0. The lowest BCUT2D eigenvalue weighted by atomic mass is 10.2. The van der Waals surface area contributed by atoms with E-state index in [1.807, 2.05) is 93.6 Å². The van der Waals surface area contributed by atoms with E-state index in [1.54, 1.807) is 28.5 Å². The molecule has 0 radical (unpaired) electrons. The van der Waals surface area contributed by atoms with Crippen LogP contribution < -0.4 is 16.3 Å². The van der Waals surface area contributed by atoms with Crippen molar-refractivity contribution in [3.05, 3.63) is 106 Å². The molecule has 43 heavy (non-hydrogen) atoms. The molecule has 2 N–H and O–H groups in total. The van der Waals surface area contributed by atoms with Crippen LogP contribution in [0.3, 0.4) is 0 Å². The Balaban J connectivity index is 1.53. The number of hydrogen-bond acceptors (Lipinski definition) is 9. The number of hydrogen-bond donors (Lipinski definition) is 2. The molecule has 0 aliphatic carbocycles. The predicted octanol–water partition coefficient (Wildman–Crippen LogP) is 6.57. The second-order valence-corrected chi connectivity index (χ2v) is 10.6. The summed E-state index contributed by atoms with van der Waals surface area (Å²) >= 11 is 1.03. The van der Waals surface area contributed by atoms with E-state index in [0.29, 0.717) is 33.3 Å². The molecule has 0 spiro atoms. The fraction of sp³-hybridized carbons (Fsp3) is 0.129. The van der Waals surface area contributed by atoms with Gasteiger partial charge in [-0.25, -0.2) is 9.67 Å². The van der Waals surface area contributed by atoms with Crippen molar-refractivity contribution in [1.29, 1.82) is 5.26 Å². The first-order valence-electron chi connectivity index (χ1n) is 13.2. The molecular formula is C31H27N9O2S. The van der Waals surface area contributed by atoms with Crippen LogP contribution in [-0.2, 0) is 11.8 Å². The maximum atomic E-state index is 13.8. The van der Waals surface area contributed by atoms with Crippen LogP contribution in [0.15, 0.2) is 99.0 Å². The number of aromatic nitrogens is 3. The predicted molar refractivity (Wildman–Crippen MR) is 169 cm³/mol. The van der Waals surface area contributed by atoms with Gasteiger partial charge in [-0.15, -0.1) is 10.2 Å². The van der Waals surface area contributed by atoms with Crippen molar-refractivity contribution in [2.75, 3.05) is 10.7 Å². The molecule has 0 unspecified atom stereocenters. The van der Waals surface area contributed by atoms with Crippen molar-refractivity contribution in [3.63, 3.8) is 0 Å². The number of para-hydroxylation sites is 1. The number of nitrogens with one attached hydrogen (secondary N) is 2. The number of anilines is 2. The fourth-order valence-corrected chi connectivity index (χ4v) is 4.97. The Labute approximate surface area is 251 Å². The number of amides is 1. The van der Waals surface area contributed by atoms with Crippen molar-refractivity contribution >= 4 is 44.5 Å². The number of aryl methyl sites for hydroxylation is 2. The molecule has 0 aliphatic heterocycles. The highest BCUT2D eigenvalue weighted by molar-refractivity contribution is 7.20. The molecule has 5 rings (SSSR count). The van der Waals surface area contributed by atoms with Crippen LogP contribution in [0.25, 0.3) is 16.9 Å². The third-order valence-corrected chi connectivity index (χ3v) is 7.44. The number of benzene rings is 3. The zero-order chi connectivity index (χ0) is 30.5. The van der Waals surface area contributed by atoms with Crippen LogP contribution in [0.4, 0.5) is 21.5 Å². The summed E-state index contributed by atoms with van der Waals surface area (Å²) in [6.45, 7) is 5.74. The van der Waals surface area contributed by atoms with Crippen LogP contribution in [0.2, 0.25) is 0 Å². The molecule has 5 aromatic rings. The van der Waals surface area contributed by atoms with E-state index in [1.165, 1.54) is 0 Å². The first-order valence-corrected chi connectivity index (χ1v) is 14.0. The number of carbonyl (C=O) groups excluding carboxylic acids is 1. The van der Waals surface area contributed by atoms with Gasteiger partial charge in [-0.2, -0.15) is 10.4 Å². The average Bonchev–Trinajstić information content (AvgIpc) is 3.49. The Hall–Kier alpha value is -5.67. The van der Waals surface area contributed by atoms with E-state index in [4.69, 9.17) is 0 Å². The minimum Gasteiger partial charge on any atom is -0.296 e. The molecule has 2 heterocycles. The van der Waals surface area contributed by atoms with Crippen LogP contribution in [-0.4, -0.2) is 26.0 Å². The molecule has 3 aromatic carbocycles. The van der Waals surface area contributed by atoms with Crippen molar-refractivity contribution in [3.8, 4) is 23.0 Å². The molecular weight excluding hydrogens is 562 g/mol. The summed E-state index contributed by atoms with van der Waals surface area (Å²) in [4.78, 5) is 31.4. The Kier molecular flexibility index (Phi) is 8.36. The number of azo groups is 1. The Morgan fingerprint density at radius 3 is 2.23 bits per heavy atom. The summed E-state index contributed by atoms with van der Waals surface area (Å²) in [6, 6.07) is 25.9. The van der Waals surface area contributed by atoms with Crippen molar-refractivity contribution < 1.29 is 4.79 Å². The van der Waals surface area contributed by atoms with Gasteiger partial charge in [0.2, 0.25) is 5.71 Å². The van der Waals surface area contributed by atoms with E-state index in [0.717, 1.165) is 22.5 Å². The molecule has 12 heteroatoms. The standard InChI is InChI=1S/C31H27N9O2S/c1-19-10-14-22(15-11-19)35-37-25(18-32)28(41)34-31-33-27(29(43-31)38-36-23-16-12-20(2)13-17-23)26-21(3)39(4)40(30(26)42)24-8-6-5-7-9-24/h5-17,35H,1-4H3,(H,33,34,41)/b37-25+,38-36?. The summed E-state index contributed by atoms with van der Waals surface area (Å²) in [5.74, 6) is -0.768. The van der Waals surface area contributed by atoms with E-state index in [2.05, 4.69) is 31.1 Å². The highest BCUT2D eigenvalue weighted by Gasteiger charge is 2.25. The van der Waals surface area contributed by atoms with Crippen molar-refractivity contribution in [2.45, 2.75) is 20.8 Å². The van der Waals surface area contributed by atoms with E-state index in [-0.39, 0.29) is 16.4 Å². The van der Waals surface area contributed by atoms with Gasteiger partial charge >= 0.3 is 0 Å². The van der Waals surface area contributed by atoms with E-state index < -0.39 is 11.6 Å². The second kappa shape index (κ2) is 12.5. The van der Waals surface area contributed by atoms with Crippen LogP contribution in [0.5, 0.6) is 0 Å². The van der Waals surface area contributed by atoms with Gasteiger partial charge in [0, 0.05) is 12.7 Å². The minimum absolute atomic E-state index is 0.130. The molecule has 214 valence electrons. The number of nitriles is 1. The van der Waals surface area contributed by atoms with Crippen LogP contribution >= 0.6 is 11.3 Å². The van der Waals surface area contributed by atoms with Gasteiger partial charge in [0.05, 0.1) is 22.6 Å². The Morgan fingerprint density at radius 2 is 1.58 bits per heavy atom. The number of nitrogens with zero attached hydrogens (tertiary/aromatic N) is 7. The number of carbonyl (C=O) groups is 1. The molecule has 0 aliphatic rings. The van der Waals surface area contributed by atoms with Gasteiger partial charge in [-0.05, 0) is 57.2 Å². The number of rotatable bonds is 8. The third-order valence-electron chi connectivity index (χ3n) is 6.58. The molecule has 0 saturated carbocycles. The highest BCUT2D eigenvalue weighted by Crippen LogP contribution is 2.39. The first-order chi connectivity index (χ1) is 20.7. The van der Waals surface area contributed by atoms with Crippen LogP contribution in [0, 0.1) is 32.1 Å². The molecule has 1 amide bonds. The number of thiazole rings is 1. The lowest BCUT2D eigenvalue weighted by molar-refractivity contribution is -0.110. The lowest BCUT2D eigenvalue weighted by Gasteiger charge is -2.07. The quantitative estimate of drug-likeness (QED) is 0.120. The summed E-state index contributed by atoms with van der Waals surface area (Å²) < 4.78 is 3.28. The molecule has 0 saturated heterocycles. The maximum Gasteiger partial charge on any atom is 0.288 e. The molecule has 0 bridgehead atoms. The van der Waals surface area contributed by atoms with E-state index in [9.17, 15) is 14.9 Å². The molecule has 11 nitrogen and oxygen atoms in total. The Bertz CT molecular complexity index is 1940. The highest BCUT2D eigenvalue weighted by atomic mass is 32.1. The normalized spacial score (nSPS) is 11.5. The smallest absolute Gasteiger partial charge is 0.288 e. The average molecular weight is 590 g/mol. The summed E-state index contributed by atoms with van der Waals surface area (Å²) in [7, 11) is 1.78. The largest absolute Gasteiger partial charge is 0.296 e. The zero-order valence-electron chi connectivity index (χ0n) is 23.9. The van der Waals surface area contributed by atoms with Gasteiger partial charge in [0.15, 0.2) is 10.1 Å². The summed E-state index contributed by atoms with van der Waals surface area (Å²) in [5, 5.41) is 25.4. The molecule has 0 atom stereocenters. The van der Waals surface area contributed by atoms with Gasteiger partial charge in [0.25, 0.3) is 11.5 Å². The third kappa shape index (κ3) is 6.32. The Morgan fingerprint density at radius 1 is 0.930 bits per heavy atom. The van der Waals surface area contributed by atoms with Crippen molar-refractivity contribution in [1.82, 2.24) is 14.3 Å². The van der Waals surface area contributed by atoms with Crippen LogP contribution in [0.1, 0.15) is 16.8 Å².